The maximum atomic E-state index is 12.8. The fourth-order valence-electron chi connectivity index (χ4n) is 1.65. The molecule has 0 heterocycles. The Bertz CT molecular complexity index is 480. The average molecular weight is 282 g/mol. The van der Waals surface area contributed by atoms with Gasteiger partial charge in [0, 0.05) is 0 Å². The summed E-state index contributed by atoms with van der Waals surface area (Å²) in [5.74, 6) is -1.72. The Balaban J connectivity index is 3.55. The molecule has 0 radical (unpaired) electrons. The third kappa shape index (κ3) is 3.65. The predicted octanol–water partition coefficient (Wildman–Crippen LogP) is 4.07. The standard InChI is InChI=1S/C12H11F5O2/c1-3-7-4-8(12(15,16)17)10(6(2)18)9(5-7)19-11(13)14/h4-5,11H,3H2,1-2H3. The summed E-state index contributed by atoms with van der Waals surface area (Å²) in [5.41, 5.74) is -1.96. The number of ether oxygens (including phenoxy) is 1. The zero-order valence-electron chi connectivity index (χ0n) is 10.1. The van der Waals surface area contributed by atoms with Gasteiger partial charge in [-0.1, -0.05) is 6.92 Å². The van der Waals surface area contributed by atoms with Crippen LogP contribution in [0, 0.1) is 0 Å². The highest BCUT2D eigenvalue weighted by Crippen LogP contribution is 2.38. The Morgan fingerprint density at radius 3 is 2.26 bits per heavy atom. The number of carbonyl (C=O) groups is 1. The van der Waals surface area contributed by atoms with E-state index in [9.17, 15) is 26.7 Å². The lowest BCUT2D eigenvalue weighted by atomic mass is 9.98. The second-order valence-electron chi connectivity index (χ2n) is 3.80. The molecule has 0 amide bonds. The minimum atomic E-state index is -4.81. The van der Waals surface area contributed by atoms with Gasteiger partial charge in [-0.2, -0.15) is 22.0 Å². The monoisotopic (exact) mass is 282 g/mol. The van der Waals surface area contributed by atoms with E-state index < -0.39 is 35.4 Å². The topological polar surface area (TPSA) is 26.3 Å². The zero-order chi connectivity index (χ0) is 14.8. The van der Waals surface area contributed by atoms with Crippen molar-refractivity contribution in [3.05, 3.63) is 28.8 Å². The van der Waals surface area contributed by atoms with Crippen LogP contribution in [0.25, 0.3) is 0 Å². The Morgan fingerprint density at radius 1 is 1.32 bits per heavy atom. The van der Waals surface area contributed by atoms with Gasteiger partial charge in [-0.05, 0) is 31.0 Å². The number of aryl methyl sites for hydroxylation is 1. The lowest BCUT2D eigenvalue weighted by molar-refractivity contribution is -0.138. The SMILES string of the molecule is CCc1cc(OC(F)F)c(C(C)=O)c(C(F)(F)F)c1. The highest BCUT2D eigenvalue weighted by molar-refractivity contribution is 5.98. The molecule has 0 saturated carbocycles. The minimum absolute atomic E-state index is 0.160. The number of carbonyl (C=O) groups excluding carboxylic acids is 1. The summed E-state index contributed by atoms with van der Waals surface area (Å²) in [6.07, 6.45) is -4.62. The van der Waals surface area contributed by atoms with Crippen LogP contribution in [0.4, 0.5) is 22.0 Å². The van der Waals surface area contributed by atoms with Gasteiger partial charge in [-0.25, -0.2) is 0 Å². The van der Waals surface area contributed by atoms with Gasteiger partial charge in [-0.3, -0.25) is 4.79 Å². The van der Waals surface area contributed by atoms with Crippen molar-refractivity contribution in [2.45, 2.75) is 33.1 Å². The summed E-state index contributed by atoms with van der Waals surface area (Å²) in [4.78, 5) is 11.3. The van der Waals surface area contributed by atoms with E-state index in [1.165, 1.54) is 0 Å². The van der Waals surface area contributed by atoms with E-state index in [-0.39, 0.29) is 12.0 Å². The molecule has 1 aromatic carbocycles. The fourth-order valence-corrected chi connectivity index (χ4v) is 1.65. The van der Waals surface area contributed by atoms with Gasteiger partial charge in [0.25, 0.3) is 0 Å². The van der Waals surface area contributed by atoms with E-state index in [0.29, 0.717) is 0 Å². The van der Waals surface area contributed by atoms with Gasteiger partial charge in [0.2, 0.25) is 0 Å². The maximum Gasteiger partial charge on any atom is 0.417 e. The number of halogens is 5. The molecule has 0 atom stereocenters. The molecule has 1 aromatic rings. The van der Waals surface area contributed by atoms with Gasteiger partial charge in [0.15, 0.2) is 5.78 Å². The average Bonchev–Trinajstić information content (AvgIpc) is 2.25. The van der Waals surface area contributed by atoms with Gasteiger partial charge < -0.3 is 4.74 Å². The second-order valence-corrected chi connectivity index (χ2v) is 3.80. The number of ketones is 1. The summed E-state index contributed by atoms with van der Waals surface area (Å²) in [7, 11) is 0. The molecule has 0 saturated heterocycles. The van der Waals surface area contributed by atoms with Crippen LogP contribution >= 0.6 is 0 Å². The van der Waals surface area contributed by atoms with E-state index in [0.717, 1.165) is 19.1 Å². The molecule has 0 aliphatic heterocycles. The van der Waals surface area contributed by atoms with E-state index in [2.05, 4.69) is 4.74 Å². The first-order valence-corrected chi connectivity index (χ1v) is 5.36. The van der Waals surface area contributed by atoms with Crippen LogP contribution in [0.5, 0.6) is 5.75 Å². The number of alkyl halides is 5. The van der Waals surface area contributed by atoms with Crippen LogP contribution in [0.15, 0.2) is 12.1 Å². The summed E-state index contributed by atoms with van der Waals surface area (Å²) in [6.45, 7) is -0.866. The lowest BCUT2D eigenvalue weighted by Crippen LogP contribution is -2.16. The number of rotatable bonds is 4. The van der Waals surface area contributed by atoms with E-state index in [1.807, 2.05) is 0 Å². The molecule has 0 bridgehead atoms. The molecule has 7 heteroatoms. The van der Waals surface area contributed by atoms with Crippen LogP contribution in [-0.4, -0.2) is 12.4 Å². The van der Waals surface area contributed by atoms with Gasteiger partial charge >= 0.3 is 12.8 Å². The Labute approximate surface area is 106 Å². The fraction of sp³-hybridized carbons (Fsp3) is 0.417. The highest BCUT2D eigenvalue weighted by atomic mass is 19.4. The molecule has 1 rings (SSSR count). The summed E-state index contributed by atoms with van der Waals surface area (Å²) in [5, 5.41) is 0. The Morgan fingerprint density at radius 2 is 1.89 bits per heavy atom. The van der Waals surface area contributed by atoms with Crippen LogP contribution in [0.2, 0.25) is 0 Å². The van der Waals surface area contributed by atoms with Crippen molar-refractivity contribution in [2.24, 2.45) is 0 Å². The zero-order valence-corrected chi connectivity index (χ0v) is 10.1. The molecule has 2 nitrogen and oxygen atoms in total. The quantitative estimate of drug-likeness (QED) is 0.614. The number of Topliss-reactive ketones (excluding diaryl/α,β-unsaturated/α-hetero) is 1. The third-order valence-electron chi connectivity index (χ3n) is 2.44. The number of hydrogen-bond acceptors (Lipinski definition) is 2. The van der Waals surface area contributed by atoms with E-state index >= 15 is 0 Å². The maximum absolute atomic E-state index is 12.8. The Hall–Kier alpha value is -1.66. The molecular formula is C12H11F5O2. The minimum Gasteiger partial charge on any atom is -0.434 e. The predicted molar refractivity (Wildman–Crippen MR) is 57.5 cm³/mol. The van der Waals surface area contributed by atoms with Crippen LogP contribution in [0.1, 0.15) is 35.3 Å². The van der Waals surface area contributed by atoms with Crippen molar-refractivity contribution in [1.29, 1.82) is 0 Å². The first-order chi connectivity index (χ1) is 8.66. The highest BCUT2D eigenvalue weighted by Gasteiger charge is 2.37. The smallest absolute Gasteiger partial charge is 0.417 e. The lowest BCUT2D eigenvalue weighted by Gasteiger charge is -2.17. The van der Waals surface area contributed by atoms with Crippen LogP contribution in [-0.2, 0) is 12.6 Å². The third-order valence-corrected chi connectivity index (χ3v) is 2.44. The van der Waals surface area contributed by atoms with Gasteiger partial charge in [-0.15, -0.1) is 0 Å². The van der Waals surface area contributed by atoms with Crippen molar-refractivity contribution < 1.29 is 31.5 Å². The van der Waals surface area contributed by atoms with Crippen molar-refractivity contribution in [1.82, 2.24) is 0 Å². The van der Waals surface area contributed by atoms with Crippen LogP contribution < -0.4 is 4.74 Å². The van der Waals surface area contributed by atoms with Crippen molar-refractivity contribution in [3.63, 3.8) is 0 Å². The molecular weight excluding hydrogens is 271 g/mol. The molecule has 0 fully saturated rings. The molecule has 106 valence electrons. The molecule has 0 aliphatic rings. The Kier molecular flexibility index (Phi) is 4.49. The summed E-state index contributed by atoms with van der Waals surface area (Å²) in [6, 6.07) is 1.80. The molecule has 0 aromatic heterocycles. The van der Waals surface area contributed by atoms with Crippen molar-refractivity contribution in [2.75, 3.05) is 0 Å². The normalized spacial score (nSPS) is 11.8. The molecule has 19 heavy (non-hydrogen) atoms. The van der Waals surface area contributed by atoms with Gasteiger partial charge in [0.05, 0.1) is 11.1 Å². The number of hydrogen-bond donors (Lipinski definition) is 0. The van der Waals surface area contributed by atoms with Crippen molar-refractivity contribution in [3.8, 4) is 5.75 Å². The summed E-state index contributed by atoms with van der Waals surface area (Å²) >= 11 is 0. The number of benzene rings is 1. The molecule has 0 aliphatic carbocycles. The second kappa shape index (κ2) is 5.54. The molecule has 0 spiro atoms. The van der Waals surface area contributed by atoms with Crippen LogP contribution in [0.3, 0.4) is 0 Å². The summed E-state index contributed by atoms with van der Waals surface area (Å²) < 4.78 is 67.0. The van der Waals surface area contributed by atoms with Gasteiger partial charge in [0.1, 0.15) is 5.75 Å². The molecule has 0 unspecified atom stereocenters. The largest absolute Gasteiger partial charge is 0.434 e. The van der Waals surface area contributed by atoms with Crippen molar-refractivity contribution >= 4 is 5.78 Å². The van der Waals surface area contributed by atoms with E-state index in [1.54, 1.807) is 6.92 Å². The first-order valence-electron chi connectivity index (χ1n) is 5.36. The van der Waals surface area contributed by atoms with E-state index in [4.69, 9.17) is 0 Å². The first kappa shape index (κ1) is 15.4. The molecule has 0 N–H and O–H groups in total.